The van der Waals surface area contributed by atoms with Gasteiger partial charge in [0.25, 0.3) is 0 Å². The molecule has 6 heteroatoms. The molecule has 3 rings (SSSR count). The topological polar surface area (TPSA) is 73.5 Å². The highest BCUT2D eigenvalue weighted by Crippen LogP contribution is 2.19. The number of nitrogens with one attached hydrogen (secondary N) is 3. The Morgan fingerprint density at radius 1 is 1.00 bits per heavy atom. The molecule has 1 aromatic rings. The third-order valence-corrected chi connectivity index (χ3v) is 4.88. The lowest BCUT2D eigenvalue weighted by Crippen LogP contribution is -2.35. The Balaban J connectivity index is 1.52. The molecule has 2 heterocycles. The highest BCUT2D eigenvalue weighted by atomic mass is 16.2. The van der Waals surface area contributed by atoms with E-state index in [4.69, 9.17) is 0 Å². The van der Waals surface area contributed by atoms with Crippen molar-refractivity contribution in [1.29, 1.82) is 0 Å². The van der Waals surface area contributed by atoms with Crippen molar-refractivity contribution in [2.75, 3.05) is 30.3 Å². The van der Waals surface area contributed by atoms with Gasteiger partial charge in [0.1, 0.15) is 0 Å². The molecule has 0 aromatic heterocycles. The van der Waals surface area contributed by atoms with Gasteiger partial charge in [-0.15, -0.1) is 0 Å². The molecule has 0 spiro atoms. The lowest BCUT2D eigenvalue weighted by atomic mass is 10.1. The van der Waals surface area contributed by atoms with Crippen LogP contribution in [-0.4, -0.2) is 42.5 Å². The number of nitrogens with zero attached hydrogens (tertiary/aromatic N) is 1. The minimum absolute atomic E-state index is 0.0111. The first-order valence-corrected chi connectivity index (χ1v) is 9.40. The highest BCUT2D eigenvalue weighted by Gasteiger charge is 2.17. The maximum absolute atomic E-state index is 12.4. The molecule has 0 saturated carbocycles. The van der Waals surface area contributed by atoms with Gasteiger partial charge in [0.05, 0.1) is 0 Å². The molecule has 0 aliphatic carbocycles. The highest BCUT2D eigenvalue weighted by molar-refractivity contribution is 5.89. The zero-order chi connectivity index (χ0) is 17.5. The predicted octanol–water partition coefficient (Wildman–Crippen LogP) is 3.18. The van der Waals surface area contributed by atoms with E-state index in [-0.39, 0.29) is 18.0 Å². The van der Waals surface area contributed by atoms with Crippen molar-refractivity contribution in [3.8, 4) is 0 Å². The van der Waals surface area contributed by atoms with Gasteiger partial charge in [-0.2, -0.15) is 0 Å². The second-order valence-electron chi connectivity index (χ2n) is 6.95. The SMILES string of the molecule is O=C1CC(Nc2ccc(NC(=O)N3CCCCCC3)cc2)CCCN1. The molecular weight excluding hydrogens is 316 g/mol. The van der Waals surface area contributed by atoms with Crippen LogP contribution in [0.15, 0.2) is 24.3 Å². The van der Waals surface area contributed by atoms with E-state index >= 15 is 0 Å². The van der Waals surface area contributed by atoms with E-state index in [1.165, 1.54) is 12.8 Å². The second kappa shape index (κ2) is 8.74. The minimum Gasteiger partial charge on any atom is -0.382 e. The molecule has 2 aliphatic heterocycles. The number of carbonyl (C=O) groups is 2. The van der Waals surface area contributed by atoms with E-state index in [1.54, 1.807) is 0 Å². The van der Waals surface area contributed by atoms with Gasteiger partial charge in [-0.25, -0.2) is 4.79 Å². The summed E-state index contributed by atoms with van der Waals surface area (Å²) in [6.07, 6.45) is 7.08. The zero-order valence-electron chi connectivity index (χ0n) is 14.7. The molecule has 0 bridgehead atoms. The van der Waals surface area contributed by atoms with Crippen LogP contribution in [-0.2, 0) is 4.79 Å². The lowest BCUT2D eigenvalue weighted by Gasteiger charge is -2.21. The molecule has 1 aromatic carbocycles. The Kier molecular flexibility index (Phi) is 6.14. The normalized spacial score (nSPS) is 21.7. The number of urea groups is 1. The van der Waals surface area contributed by atoms with Crippen LogP contribution in [0.1, 0.15) is 44.9 Å². The molecule has 2 saturated heterocycles. The van der Waals surface area contributed by atoms with Crippen LogP contribution in [0.3, 0.4) is 0 Å². The summed E-state index contributed by atoms with van der Waals surface area (Å²) in [7, 11) is 0. The quantitative estimate of drug-likeness (QED) is 0.788. The summed E-state index contributed by atoms with van der Waals surface area (Å²) in [6, 6.07) is 7.90. The molecule has 0 radical (unpaired) electrons. The summed E-state index contributed by atoms with van der Waals surface area (Å²) in [4.78, 5) is 25.9. The molecule has 3 amide bonds. The van der Waals surface area contributed by atoms with Gasteiger partial charge < -0.3 is 20.9 Å². The van der Waals surface area contributed by atoms with Gasteiger partial charge in [0.2, 0.25) is 5.91 Å². The molecule has 1 unspecified atom stereocenters. The van der Waals surface area contributed by atoms with Crippen molar-refractivity contribution in [3.63, 3.8) is 0 Å². The Bertz CT molecular complexity index is 580. The summed E-state index contributed by atoms with van der Waals surface area (Å²) in [5, 5.41) is 9.30. The summed E-state index contributed by atoms with van der Waals surface area (Å²) < 4.78 is 0. The number of carbonyl (C=O) groups excluding carboxylic acids is 2. The first-order valence-electron chi connectivity index (χ1n) is 9.40. The Morgan fingerprint density at radius 3 is 2.40 bits per heavy atom. The number of rotatable bonds is 3. The number of benzene rings is 1. The zero-order valence-corrected chi connectivity index (χ0v) is 14.7. The monoisotopic (exact) mass is 344 g/mol. The average molecular weight is 344 g/mol. The van der Waals surface area contributed by atoms with E-state index in [9.17, 15) is 9.59 Å². The summed E-state index contributed by atoms with van der Waals surface area (Å²) in [5.41, 5.74) is 1.78. The maximum atomic E-state index is 12.4. The lowest BCUT2D eigenvalue weighted by molar-refractivity contribution is -0.120. The molecule has 1 atom stereocenters. The fourth-order valence-electron chi connectivity index (χ4n) is 3.46. The number of hydrogen-bond acceptors (Lipinski definition) is 3. The van der Waals surface area contributed by atoms with Crippen molar-refractivity contribution >= 4 is 23.3 Å². The van der Waals surface area contributed by atoms with E-state index in [1.807, 2.05) is 29.2 Å². The van der Waals surface area contributed by atoms with Crippen LogP contribution in [0.5, 0.6) is 0 Å². The molecule has 3 N–H and O–H groups in total. The van der Waals surface area contributed by atoms with Crippen LogP contribution in [0.25, 0.3) is 0 Å². The van der Waals surface area contributed by atoms with Crippen molar-refractivity contribution in [2.24, 2.45) is 0 Å². The number of amides is 3. The van der Waals surface area contributed by atoms with Crippen molar-refractivity contribution < 1.29 is 9.59 Å². The molecule has 2 fully saturated rings. The van der Waals surface area contributed by atoms with Crippen LogP contribution >= 0.6 is 0 Å². The van der Waals surface area contributed by atoms with Gasteiger partial charge in [-0.1, -0.05) is 12.8 Å². The molecule has 25 heavy (non-hydrogen) atoms. The van der Waals surface area contributed by atoms with Gasteiger partial charge in [-0.05, 0) is 49.9 Å². The number of hydrogen-bond donors (Lipinski definition) is 3. The first-order chi connectivity index (χ1) is 12.2. The molecule has 2 aliphatic rings. The number of anilines is 2. The molecule has 136 valence electrons. The standard InChI is InChI=1S/C19H28N4O2/c24-18-14-17(6-5-11-20-18)21-15-7-9-16(10-8-15)22-19(25)23-12-3-1-2-4-13-23/h7-10,17,21H,1-6,11-14H2,(H,20,24)(H,22,25). The van der Waals surface area contributed by atoms with Crippen LogP contribution < -0.4 is 16.0 Å². The van der Waals surface area contributed by atoms with E-state index in [2.05, 4.69) is 16.0 Å². The molecule has 6 nitrogen and oxygen atoms in total. The fourth-order valence-corrected chi connectivity index (χ4v) is 3.46. The Labute approximate surface area is 149 Å². The van der Waals surface area contributed by atoms with Crippen LogP contribution in [0.2, 0.25) is 0 Å². The predicted molar refractivity (Wildman–Crippen MR) is 99.8 cm³/mol. The summed E-state index contributed by atoms with van der Waals surface area (Å²) in [5.74, 6) is 0.108. The number of likely N-dealkylation sites (tertiary alicyclic amines) is 1. The Morgan fingerprint density at radius 2 is 1.68 bits per heavy atom. The minimum atomic E-state index is -0.0111. The Hall–Kier alpha value is -2.24. The molecular formula is C19H28N4O2. The van der Waals surface area contributed by atoms with E-state index < -0.39 is 0 Å². The summed E-state index contributed by atoms with van der Waals surface area (Å²) in [6.45, 7) is 2.45. The van der Waals surface area contributed by atoms with Crippen LogP contribution in [0.4, 0.5) is 16.2 Å². The third kappa shape index (κ3) is 5.37. The smallest absolute Gasteiger partial charge is 0.321 e. The van der Waals surface area contributed by atoms with Crippen molar-refractivity contribution in [2.45, 2.75) is 51.0 Å². The second-order valence-corrected chi connectivity index (χ2v) is 6.95. The van der Waals surface area contributed by atoms with E-state index in [0.717, 1.165) is 56.7 Å². The average Bonchev–Trinajstić information content (AvgIpc) is 2.99. The van der Waals surface area contributed by atoms with Crippen LogP contribution in [0, 0.1) is 0 Å². The first kappa shape index (κ1) is 17.6. The third-order valence-electron chi connectivity index (χ3n) is 4.88. The van der Waals surface area contributed by atoms with Gasteiger partial charge >= 0.3 is 6.03 Å². The van der Waals surface area contributed by atoms with E-state index in [0.29, 0.717) is 6.42 Å². The summed E-state index contributed by atoms with van der Waals surface area (Å²) >= 11 is 0. The van der Waals surface area contributed by atoms with Gasteiger partial charge in [0.15, 0.2) is 0 Å². The fraction of sp³-hybridized carbons (Fsp3) is 0.579. The van der Waals surface area contributed by atoms with Gasteiger partial charge in [0, 0.05) is 43.5 Å². The van der Waals surface area contributed by atoms with Gasteiger partial charge in [-0.3, -0.25) is 4.79 Å². The maximum Gasteiger partial charge on any atom is 0.321 e. The van der Waals surface area contributed by atoms with Crippen molar-refractivity contribution in [3.05, 3.63) is 24.3 Å². The largest absolute Gasteiger partial charge is 0.382 e. The van der Waals surface area contributed by atoms with Crippen molar-refractivity contribution in [1.82, 2.24) is 10.2 Å².